The fourth-order valence-electron chi connectivity index (χ4n) is 2.26. The number of rotatable bonds is 2. The lowest BCUT2D eigenvalue weighted by Gasteiger charge is -2.26. The molecule has 1 saturated heterocycles. The fraction of sp³-hybridized carbons (Fsp3) is 0.286. The van der Waals surface area contributed by atoms with Crippen molar-refractivity contribution < 1.29 is 14.4 Å². The molecule has 1 aromatic heterocycles. The van der Waals surface area contributed by atoms with Gasteiger partial charge in [0.15, 0.2) is 5.13 Å². The van der Waals surface area contributed by atoms with Crippen LogP contribution >= 0.6 is 11.3 Å². The van der Waals surface area contributed by atoms with Crippen LogP contribution in [0.5, 0.6) is 0 Å². The van der Waals surface area contributed by atoms with Gasteiger partial charge >= 0.3 is 0 Å². The van der Waals surface area contributed by atoms with E-state index in [1.807, 2.05) is 0 Å². The Balaban J connectivity index is 1.86. The summed E-state index contributed by atoms with van der Waals surface area (Å²) in [6.45, 7) is 2.47. The van der Waals surface area contributed by atoms with Crippen LogP contribution in [0.1, 0.15) is 17.3 Å². The normalized spacial score (nSPS) is 14.8. The largest absolute Gasteiger partial charge is 0.353 e. The molecular formula is C14H14N4O3S. The number of nitrogens with one attached hydrogen (secondary N) is 2. The molecule has 1 aromatic carbocycles. The zero-order valence-electron chi connectivity index (χ0n) is 11.9. The number of fused-ring (bicyclic) bond motifs is 1. The summed E-state index contributed by atoms with van der Waals surface area (Å²) >= 11 is 1.31. The van der Waals surface area contributed by atoms with E-state index in [1.54, 1.807) is 18.2 Å². The van der Waals surface area contributed by atoms with E-state index in [4.69, 9.17) is 0 Å². The van der Waals surface area contributed by atoms with Crippen molar-refractivity contribution in [2.24, 2.45) is 0 Å². The smallest absolute Gasteiger partial charge is 0.254 e. The minimum Gasteiger partial charge on any atom is -0.353 e. The van der Waals surface area contributed by atoms with Crippen molar-refractivity contribution in [1.29, 1.82) is 0 Å². The van der Waals surface area contributed by atoms with Gasteiger partial charge in [0.25, 0.3) is 5.91 Å². The Kier molecular flexibility index (Phi) is 3.76. The standard InChI is InChI=1S/C14H14N4O3S/c1-8(19)16-14-17-10-3-2-9(6-11(10)22-14)13(21)18-5-4-15-12(20)7-18/h2-3,6H,4-5,7H2,1H3,(H,15,20)(H,16,17,19). The van der Waals surface area contributed by atoms with Crippen LogP contribution in [0, 0.1) is 0 Å². The van der Waals surface area contributed by atoms with Crippen molar-refractivity contribution in [3.8, 4) is 0 Å². The number of hydrogen-bond acceptors (Lipinski definition) is 5. The maximum Gasteiger partial charge on any atom is 0.254 e. The number of anilines is 1. The van der Waals surface area contributed by atoms with Crippen molar-refractivity contribution in [3.05, 3.63) is 23.8 Å². The van der Waals surface area contributed by atoms with Gasteiger partial charge in [-0.1, -0.05) is 11.3 Å². The number of nitrogens with zero attached hydrogens (tertiary/aromatic N) is 2. The molecule has 22 heavy (non-hydrogen) atoms. The van der Waals surface area contributed by atoms with E-state index in [-0.39, 0.29) is 24.3 Å². The molecular weight excluding hydrogens is 304 g/mol. The van der Waals surface area contributed by atoms with Gasteiger partial charge in [0.05, 0.1) is 16.8 Å². The second-order valence-corrected chi connectivity index (χ2v) is 5.99. The summed E-state index contributed by atoms with van der Waals surface area (Å²) in [5, 5.41) is 5.82. The van der Waals surface area contributed by atoms with Crippen LogP contribution in [0.4, 0.5) is 5.13 Å². The van der Waals surface area contributed by atoms with E-state index in [9.17, 15) is 14.4 Å². The summed E-state index contributed by atoms with van der Waals surface area (Å²) in [5.74, 6) is -0.507. The van der Waals surface area contributed by atoms with Gasteiger partial charge in [-0.25, -0.2) is 4.98 Å². The van der Waals surface area contributed by atoms with Gasteiger partial charge in [-0.2, -0.15) is 0 Å². The Hall–Kier alpha value is -2.48. The van der Waals surface area contributed by atoms with E-state index >= 15 is 0 Å². The van der Waals surface area contributed by atoms with Crippen molar-refractivity contribution >= 4 is 44.4 Å². The van der Waals surface area contributed by atoms with Gasteiger partial charge in [0.2, 0.25) is 11.8 Å². The van der Waals surface area contributed by atoms with Crippen molar-refractivity contribution in [3.63, 3.8) is 0 Å². The van der Waals surface area contributed by atoms with E-state index < -0.39 is 0 Å². The lowest BCUT2D eigenvalue weighted by Crippen LogP contribution is -2.49. The average Bonchev–Trinajstić information content (AvgIpc) is 2.86. The number of carbonyl (C=O) groups is 3. The molecule has 3 rings (SSSR count). The molecule has 7 nitrogen and oxygen atoms in total. The molecule has 0 radical (unpaired) electrons. The molecule has 2 aromatic rings. The molecule has 2 heterocycles. The third-order valence-corrected chi connectivity index (χ3v) is 4.18. The number of hydrogen-bond donors (Lipinski definition) is 2. The summed E-state index contributed by atoms with van der Waals surface area (Å²) in [6.07, 6.45) is 0. The highest BCUT2D eigenvalue weighted by atomic mass is 32.1. The van der Waals surface area contributed by atoms with Crippen LogP contribution in [-0.4, -0.2) is 47.2 Å². The van der Waals surface area contributed by atoms with Crippen molar-refractivity contribution in [2.45, 2.75) is 6.92 Å². The summed E-state index contributed by atoms with van der Waals surface area (Å²) in [5.41, 5.74) is 1.24. The second-order valence-electron chi connectivity index (χ2n) is 4.96. The minimum absolute atomic E-state index is 0.0801. The molecule has 114 valence electrons. The van der Waals surface area contributed by atoms with Crippen LogP contribution in [0.2, 0.25) is 0 Å². The third-order valence-electron chi connectivity index (χ3n) is 3.24. The molecule has 0 unspecified atom stereocenters. The SMILES string of the molecule is CC(=O)Nc1nc2ccc(C(=O)N3CCNC(=O)C3)cc2s1. The number of carbonyl (C=O) groups excluding carboxylic acids is 3. The number of piperazine rings is 1. The summed E-state index contributed by atoms with van der Waals surface area (Å²) in [4.78, 5) is 40.7. The van der Waals surface area contributed by atoms with E-state index in [2.05, 4.69) is 15.6 Å². The van der Waals surface area contributed by atoms with Crippen LogP contribution < -0.4 is 10.6 Å². The molecule has 0 aliphatic carbocycles. The molecule has 1 aliphatic rings. The molecule has 1 aliphatic heterocycles. The maximum absolute atomic E-state index is 12.4. The van der Waals surface area contributed by atoms with Crippen LogP contribution in [0.15, 0.2) is 18.2 Å². The highest BCUT2D eigenvalue weighted by molar-refractivity contribution is 7.22. The van der Waals surface area contributed by atoms with E-state index in [0.29, 0.717) is 23.8 Å². The average molecular weight is 318 g/mol. The Bertz CT molecular complexity index is 771. The Morgan fingerprint density at radius 3 is 2.95 bits per heavy atom. The number of benzene rings is 1. The molecule has 0 atom stereocenters. The van der Waals surface area contributed by atoms with Crippen molar-refractivity contribution in [2.75, 3.05) is 25.0 Å². The van der Waals surface area contributed by atoms with E-state index in [1.165, 1.54) is 23.2 Å². The summed E-state index contributed by atoms with van der Waals surface area (Å²) in [7, 11) is 0. The van der Waals surface area contributed by atoms with Gasteiger partial charge in [0, 0.05) is 25.6 Å². The van der Waals surface area contributed by atoms with E-state index in [0.717, 1.165) is 10.2 Å². The molecule has 0 spiro atoms. The molecule has 8 heteroatoms. The molecule has 2 N–H and O–H groups in total. The number of thiazole rings is 1. The predicted octanol–water partition coefficient (Wildman–Crippen LogP) is 0.827. The molecule has 3 amide bonds. The molecule has 0 bridgehead atoms. The lowest BCUT2D eigenvalue weighted by molar-refractivity contribution is -0.123. The zero-order valence-corrected chi connectivity index (χ0v) is 12.7. The number of amides is 3. The Labute approximate surface area is 130 Å². The van der Waals surface area contributed by atoms with Crippen LogP contribution in [0.3, 0.4) is 0 Å². The van der Waals surface area contributed by atoms with Crippen LogP contribution in [-0.2, 0) is 9.59 Å². The number of aromatic nitrogens is 1. The molecule has 1 fully saturated rings. The van der Waals surface area contributed by atoms with Crippen molar-refractivity contribution in [1.82, 2.24) is 15.2 Å². The van der Waals surface area contributed by atoms with Gasteiger partial charge < -0.3 is 15.5 Å². The maximum atomic E-state index is 12.4. The highest BCUT2D eigenvalue weighted by Crippen LogP contribution is 2.27. The molecule has 0 saturated carbocycles. The first kappa shape index (κ1) is 14.5. The third kappa shape index (κ3) is 2.91. The summed E-state index contributed by atoms with van der Waals surface area (Å²) < 4.78 is 0.816. The second kappa shape index (κ2) is 5.72. The summed E-state index contributed by atoms with van der Waals surface area (Å²) in [6, 6.07) is 5.18. The Morgan fingerprint density at radius 1 is 1.41 bits per heavy atom. The highest BCUT2D eigenvalue weighted by Gasteiger charge is 2.22. The predicted molar refractivity (Wildman–Crippen MR) is 82.8 cm³/mol. The van der Waals surface area contributed by atoms with Gasteiger partial charge in [-0.15, -0.1) is 0 Å². The monoisotopic (exact) mass is 318 g/mol. The van der Waals surface area contributed by atoms with Crippen LogP contribution in [0.25, 0.3) is 10.2 Å². The quantitative estimate of drug-likeness (QED) is 0.858. The zero-order chi connectivity index (χ0) is 15.7. The topological polar surface area (TPSA) is 91.4 Å². The first-order valence-corrected chi connectivity index (χ1v) is 7.59. The first-order valence-electron chi connectivity index (χ1n) is 6.77. The van der Waals surface area contributed by atoms with Gasteiger partial charge in [-0.05, 0) is 18.2 Å². The first-order chi connectivity index (χ1) is 10.5. The van der Waals surface area contributed by atoms with Gasteiger partial charge in [0.1, 0.15) is 0 Å². The minimum atomic E-state index is -0.185. The fourth-order valence-corrected chi connectivity index (χ4v) is 3.21. The lowest BCUT2D eigenvalue weighted by atomic mass is 10.1. The van der Waals surface area contributed by atoms with Gasteiger partial charge in [-0.3, -0.25) is 14.4 Å². The Morgan fingerprint density at radius 2 is 2.23 bits per heavy atom.